The smallest absolute Gasteiger partial charge is 0.312 e. The Bertz CT molecular complexity index is 524. The number of halogens is 1. The van der Waals surface area contributed by atoms with Crippen LogP contribution in [0.2, 0.25) is 5.02 Å². The number of carbonyl (C=O) groups is 2. The van der Waals surface area contributed by atoms with E-state index in [1.54, 1.807) is 4.90 Å². The summed E-state index contributed by atoms with van der Waals surface area (Å²) in [4.78, 5) is 24.8. The third-order valence-electron chi connectivity index (χ3n) is 3.74. The lowest BCUT2D eigenvalue weighted by Crippen LogP contribution is -2.46. The summed E-state index contributed by atoms with van der Waals surface area (Å²) in [5.41, 5.74) is 7.16. The molecule has 1 aliphatic heterocycles. The van der Waals surface area contributed by atoms with Crippen LogP contribution in [0.5, 0.6) is 0 Å². The molecule has 1 fully saturated rings. The number of piperidine rings is 1. The summed E-state index contributed by atoms with van der Waals surface area (Å²) in [5.74, 6) is -1.14. The first kappa shape index (κ1) is 14.9. The molecule has 1 saturated heterocycles. The van der Waals surface area contributed by atoms with Crippen molar-refractivity contribution in [2.75, 3.05) is 6.54 Å². The Morgan fingerprint density at radius 2 is 2.00 bits per heavy atom. The van der Waals surface area contributed by atoms with Crippen LogP contribution in [0.3, 0.4) is 0 Å². The fourth-order valence-electron chi connectivity index (χ4n) is 2.82. The molecule has 4 nitrogen and oxygen atoms in total. The zero-order valence-corrected chi connectivity index (χ0v) is 12.5. The summed E-state index contributed by atoms with van der Waals surface area (Å²) in [6.45, 7) is 4.58. The van der Waals surface area contributed by atoms with Crippen molar-refractivity contribution in [3.8, 4) is 0 Å². The lowest BCUT2D eigenvalue weighted by Gasteiger charge is -2.38. The second-order valence-electron chi connectivity index (χ2n) is 5.58. The minimum absolute atomic E-state index is 0.122. The summed E-state index contributed by atoms with van der Waals surface area (Å²) in [6.07, 6.45) is 1.83. The van der Waals surface area contributed by atoms with Crippen molar-refractivity contribution in [1.29, 1.82) is 0 Å². The maximum Gasteiger partial charge on any atom is 0.312 e. The van der Waals surface area contributed by atoms with Gasteiger partial charge >= 0.3 is 11.8 Å². The number of nitrogens with two attached hydrogens (primary N) is 1. The summed E-state index contributed by atoms with van der Waals surface area (Å²) in [7, 11) is 0. The van der Waals surface area contributed by atoms with Crippen molar-refractivity contribution in [3.63, 3.8) is 0 Å². The first-order valence-electron chi connectivity index (χ1n) is 6.76. The summed E-state index contributed by atoms with van der Waals surface area (Å²) in [5, 5.41) is 0.644. The quantitative estimate of drug-likeness (QED) is 0.809. The van der Waals surface area contributed by atoms with Crippen molar-refractivity contribution < 1.29 is 9.59 Å². The van der Waals surface area contributed by atoms with Crippen LogP contribution >= 0.6 is 11.6 Å². The van der Waals surface area contributed by atoms with E-state index in [0.29, 0.717) is 17.5 Å². The normalized spacial score (nSPS) is 22.6. The third-order valence-corrected chi connectivity index (χ3v) is 3.96. The van der Waals surface area contributed by atoms with Gasteiger partial charge in [0.2, 0.25) is 0 Å². The SMILES string of the molecule is Cc1cc(Cl)cc(C2CCC(C)CN2C(=O)C(N)=O)c1. The Morgan fingerprint density at radius 1 is 1.30 bits per heavy atom. The number of benzene rings is 1. The molecule has 2 N–H and O–H groups in total. The van der Waals surface area contributed by atoms with E-state index in [2.05, 4.69) is 6.92 Å². The second-order valence-corrected chi connectivity index (χ2v) is 6.02. The van der Waals surface area contributed by atoms with Gasteiger partial charge in [-0.1, -0.05) is 24.6 Å². The van der Waals surface area contributed by atoms with Gasteiger partial charge in [0.1, 0.15) is 0 Å². The van der Waals surface area contributed by atoms with Gasteiger partial charge in [-0.3, -0.25) is 9.59 Å². The van der Waals surface area contributed by atoms with Crippen LogP contribution in [0.15, 0.2) is 18.2 Å². The average Bonchev–Trinajstić information content (AvgIpc) is 2.36. The number of hydrogen-bond acceptors (Lipinski definition) is 2. The highest BCUT2D eigenvalue weighted by Crippen LogP contribution is 2.34. The largest absolute Gasteiger partial charge is 0.361 e. The molecule has 5 heteroatoms. The molecule has 0 spiro atoms. The van der Waals surface area contributed by atoms with Crippen molar-refractivity contribution in [2.45, 2.75) is 32.7 Å². The molecule has 0 aromatic heterocycles. The molecule has 1 aromatic rings. The van der Waals surface area contributed by atoms with Crippen LogP contribution in [-0.2, 0) is 9.59 Å². The molecule has 0 aliphatic carbocycles. The Balaban J connectivity index is 2.35. The van der Waals surface area contributed by atoms with Gasteiger partial charge in [0.15, 0.2) is 0 Å². The highest BCUT2D eigenvalue weighted by atomic mass is 35.5. The van der Waals surface area contributed by atoms with Gasteiger partial charge in [-0.25, -0.2) is 0 Å². The zero-order valence-electron chi connectivity index (χ0n) is 11.7. The Morgan fingerprint density at radius 3 is 2.60 bits per heavy atom. The molecule has 0 saturated carbocycles. The van der Waals surface area contributed by atoms with Crippen molar-refractivity contribution in [3.05, 3.63) is 34.3 Å². The van der Waals surface area contributed by atoms with E-state index in [1.807, 2.05) is 25.1 Å². The number of hydrogen-bond donors (Lipinski definition) is 1. The molecular weight excluding hydrogens is 276 g/mol. The highest BCUT2D eigenvalue weighted by molar-refractivity contribution is 6.34. The van der Waals surface area contributed by atoms with E-state index < -0.39 is 11.8 Å². The molecule has 2 rings (SSSR count). The number of carbonyl (C=O) groups excluding carboxylic acids is 2. The van der Waals surface area contributed by atoms with Crippen LogP contribution in [0.4, 0.5) is 0 Å². The molecule has 0 bridgehead atoms. The number of amides is 2. The maximum atomic E-state index is 12.0. The van der Waals surface area contributed by atoms with Crippen molar-refractivity contribution in [2.24, 2.45) is 11.7 Å². The van der Waals surface area contributed by atoms with E-state index in [1.165, 1.54) is 0 Å². The minimum atomic E-state index is -0.900. The molecular formula is C15H19ClN2O2. The molecule has 2 amide bonds. The molecule has 1 heterocycles. The van der Waals surface area contributed by atoms with E-state index in [9.17, 15) is 9.59 Å². The first-order valence-corrected chi connectivity index (χ1v) is 7.13. The minimum Gasteiger partial charge on any atom is -0.361 e. The molecule has 0 radical (unpaired) electrons. The van der Waals surface area contributed by atoms with Crippen LogP contribution in [0.1, 0.15) is 36.9 Å². The van der Waals surface area contributed by atoms with Gasteiger partial charge in [0, 0.05) is 11.6 Å². The molecule has 108 valence electrons. The molecule has 1 aliphatic rings. The molecule has 20 heavy (non-hydrogen) atoms. The summed E-state index contributed by atoms with van der Waals surface area (Å²) < 4.78 is 0. The lowest BCUT2D eigenvalue weighted by atomic mass is 9.89. The predicted molar refractivity (Wildman–Crippen MR) is 78.2 cm³/mol. The van der Waals surface area contributed by atoms with E-state index in [0.717, 1.165) is 24.0 Å². The Hall–Kier alpha value is -1.55. The van der Waals surface area contributed by atoms with Gasteiger partial charge < -0.3 is 10.6 Å². The van der Waals surface area contributed by atoms with Gasteiger partial charge in [-0.05, 0) is 48.9 Å². The predicted octanol–water partition coefficient (Wildman–Crippen LogP) is 2.43. The fraction of sp³-hybridized carbons (Fsp3) is 0.467. The Labute approximate surface area is 123 Å². The monoisotopic (exact) mass is 294 g/mol. The average molecular weight is 295 g/mol. The van der Waals surface area contributed by atoms with Crippen molar-refractivity contribution in [1.82, 2.24) is 4.90 Å². The topological polar surface area (TPSA) is 63.4 Å². The lowest BCUT2D eigenvalue weighted by molar-refractivity contribution is -0.147. The zero-order chi connectivity index (χ0) is 14.9. The van der Waals surface area contributed by atoms with Crippen LogP contribution < -0.4 is 5.73 Å². The maximum absolute atomic E-state index is 12.0. The summed E-state index contributed by atoms with van der Waals surface area (Å²) >= 11 is 6.09. The second kappa shape index (κ2) is 5.83. The number of likely N-dealkylation sites (tertiary alicyclic amines) is 1. The molecule has 2 unspecified atom stereocenters. The first-order chi connectivity index (χ1) is 9.38. The Kier molecular flexibility index (Phi) is 4.33. The number of primary amides is 1. The highest BCUT2D eigenvalue weighted by Gasteiger charge is 2.33. The molecule has 2 atom stereocenters. The standard InChI is InChI=1S/C15H19ClN2O2/c1-9-3-4-13(18(8-9)15(20)14(17)19)11-5-10(2)6-12(16)7-11/h5-7,9,13H,3-4,8H2,1-2H3,(H2,17,19). The van der Waals surface area contributed by atoms with Gasteiger partial charge in [-0.15, -0.1) is 0 Å². The summed E-state index contributed by atoms with van der Waals surface area (Å²) in [6, 6.07) is 5.62. The van der Waals surface area contributed by atoms with Crippen molar-refractivity contribution >= 4 is 23.4 Å². The number of rotatable bonds is 1. The van der Waals surface area contributed by atoms with E-state index >= 15 is 0 Å². The number of nitrogens with zero attached hydrogens (tertiary/aromatic N) is 1. The van der Waals surface area contributed by atoms with E-state index in [4.69, 9.17) is 17.3 Å². The van der Waals surface area contributed by atoms with Gasteiger partial charge in [-0.2, -0.15) is 0 Å². The van der Waals surface area contributed by atoms with Crippen LogP contribution in [0, 0.1) is 12.8 Å². The third kappa shape index (κ3) is 3.12. The molecule has 1 aromatic carbocycles. The van der Waals surface area contributed by atoms with Gasteiger partial charge in [0.25, 0.3) is 0 Å². The fourth-order valence-corrected chi connectivity index (χ4v) is 3.12. The van der Waals surface area contributed by atoms with E-state index in [-0.39, 0.29) is 6.04 Å². The number of aryl methyl sites for hydroxylation is 1. The van der Waals surface area contributed by atoms with Crippen LogP contribution in [-0.4, -0.2) is 23.3 Å². The van der Waals surface area contributed by atoms with Crippen LogP contribution in [0.25, 0.3) is 0 Å². The van der Waals surface area contributed by atoms with Gasteiger partial charge in [0.05, 0.1) is 6.04 Å².